The number of rotatable bonds is 7. The summed E-state index contributed by atoms with van der Waals surface area (Å²) in [5.74, 6) is -1.10. The van der Waals surface area contributed by atoms with Crippen LogP contribution in [0.1, 0.15) is 20.3 Å². The second-order valence-corrected chi connectivity index (χ2v) is 6.01. The van der Waals surface area contributed by atoms with E-state index in [1.807, 2.05) is 6.92 Å². The molecule has 116 valence electrons. The van der Waals surface area contributed by atoms with Crippen LogP contribution in [-0.4, -0.2) is 41.0 Å². The summed E-state index contributed by atoms with van der Waals surface area (Å²) in [5.41, 5.74) is 0.534. The van der Waals surface area contributed by atoms with Crippen LogP contribution in [0.3, 0.4) is 0 Å². The number of nitrogens with zero attached hydrogens (tertiary/aromatic N) is 1. The van der Waals surface area contributed by atoms with Crippen LogP contribution in [0.2, 0.25) is 5.02 Å². The number of amides is 1. The van der Waals surface area contributed by atoms with Crippen molar-refractivity contribution >= 4 is 45.1 Å². The number of carboxylic acids is 1. The first-order valence-electron chi connectivity index (χ1n) is 6.54. The number of anilines is 1. The molecule has 1 atom stereocenters. The van der Waals surface area contributed by atoms with Crippen molar-refractivity contribution < 1.29 is 14.7 Å². The molecule has 21 heavy (non-hydrogen) atoms. The lowest BCUT2D eigenvalue weighted by atomic mass is 10.2. The summed E-state index contributed by atoms with van der Waals surface area (Å²) in [5, 5.41) is 12.0. The third kappa shape index (κ3) is 6.03. The van der Waals surface area contributed by atoms with E-state index in [2.05, 4.69) is 21.2 Å². The normalized spacial score (nSPS) is 12.2. The zero-order valence-electron chi connectivity index (χ0n) is 11.9. The Bertz CT molecular complexity index is 525. The molecule has 1 aromatic carbocycles. The lowest BCUT2D eigenvalue weighted by molar-refractivity contribution is -0.138. The van der Waals surface area contributed by atoms with Crippen LogP contribution < -0.4 is 5.32 Å². The Kier molecular flexibility index (Phi) is 7.14. The van der Waals surface area contributed by atoms with Crippen molar-refractivity contribution in [2.75, 3.05) is 18.4 Å². The number of benzene rings is 1. The Morgan fingerprint density at radius 2 is 2.14 bits per heavy atom. The number of carbonyl (C=O) groups is 2. The van der Waals surface area contributed by atoms with Gasteiger partial charge in [-0.3, -0.25) is 14.5 Å². The van der Waals surface area contributed by atoms with E-state index in [0.29, 0.717) is 17.3 Å². The number of hydrogen-bond donors (Lipinski definition) is 2. The van der Waals surface area contributed by atoms with Crippen LogP contribution in [0.4, 0.5) is 5.69 Å². The molecule has 0 bridgehead atoms. The van der Waals surface area contributed by atoms with Gasteiger partial charge < -0.3 is 10.4 Å². The van der Waals surface area contributed by atoms with Crippen LogP contribution >= 0.6 is 27.5 Å². The topological polar surface area (TPSA) is 69.6 Å². The van der Waals surface area contributed by atoms with Gasteiger partial charge in [0.25, 0.3) is 0 Å². The molecule has 0 aliphatic heterocycles. The molecular formula is C14H18BrClN2O3. The fraction of sp³-hybridized carbons (Fsp3) is 0.429. The van der Waals surface area contributed by atoms with E-state index >= 15 is 0 Å². The fourth-order valence-corrected chi connectivity index (χ4v) is 2.65. The number of halogens is 2. The van der Waals surface area contributed by atoms with Crippen molar-refractivity contribution in [3.63, 3.8) is 0 Å². The first-order chi connectivity index (χ1) is 9.83. The largest absolute Gasteiger partial charge is 0.481 e. The first kappa shape index (κ1) is 17.9. The third-order valence-corrected chi connectivity index (χ3v) is 3.86. The van der Waals surface area contributed by atoms with Gasteiger partial charge in [0, 0.05) is 10.5 Å². The number of hydrogen-bond acceptors (Lipinski definition) is 3. The average Bonchev–Trinajstić information content (AvgIpc) is 2.38. The zero-order chi connectivity index (χ0) is 16.0. The van der Waals surface area contributed by atoms with E-state index in [9.17, 15) is 9.59 Å². The number of carbonyl (C=O) groups excluding carboxylic acids is 1. The second kappa shape index (κ2) is 8.36. The molecule has 2 N–H and O–H groups in total. The highest BCUT2D eigenvalue weighted by atomic mass is 79.9. The molecule has 1 rings (SSSR count). The third-order valence-electron chi connectivity index (χ3n) is 3.05. The van der Waals surface area contributed by atoms with E-state index in [-0.39, 0.29) is 24.9 Å². The van der Waals surface area contributed by atoms with Gasteiger partial charge in [-0.2, -0.15) is 0 Å². The van der Waals surface area contributed by atoms with Crippen molar-refractivity contribution in [3.05, 3.63) is 27.7 Å². The minimum Gasteiger partial charge on any atom is -0.481 e. The van der Waals surface area contributed by atoms with Crippen molar-refractivity contribution in [2.45, 2.75) is 26.3 Å². The highest BCUT2D eigenvalue weighted by Crippen LogP contribution is 2.25. The smallest absolute Gasteiger partial charge is 0.304 e. The molecule has 0 heterocycles. The van der Waals surface area contributed by atoms with E-state index < -0.39 is 5.97 Å². The van der Waals surface area contributed by atoms with E-state index in [4.69, 9.17) is 16.7 Å². The van der Waals surface area contributed by atoms with E-state index in [1.165, 1.54) is 0 Å². The SMILES string of the molecule is CCN(CC(=O)Nc1ccc(Br)cc1Cl)C(C)CC(=O)O. The molecule has 1 amide bonds. The van der Waals surface area contributed by atoms with Crippen LogP contribution in [0.5, 0.6) is 0 Å². The standard InChI is InChI=1S/C14H18BrClN2O3/c1-3-18(9(2)6-14(20)21)8-13(19)17-12-5-4-10(15)7-11(12)16/h4-5,7,9H,3,6,8H2,1-2H3,(H,17,19)(H,20,21). The number of aliphatic carboxylic acids is 1. The summed E-state index contributed by atoms with van der Waals surface area (Å²) < 4.78 is 0.829. The van der Waals surface area contributed by atoms with Gasteiger partial charge in [0.1, 0.15) is 0 Å². The molecule has 1 aromatic rings. The first-order valence-corrected chi connectivity index (χ1v) is 7.71. The van der Waals surface area contributed by atoms with Crippen molar-refractivity contribution in [1.82, 2.24) is 4.90 Å². The van der Waals surface area contributed by atoms with Gasteiger partial charge in [-0.25, -0.2) is 0 Å². The van der Waals surface area contributed by atoms with Crippen LogP contribution in [0.25, 0.3) is 0 Å². The highest BCUT2D eigenvalue weighted by molar-refractivity contribution is 9.10. The Balaban J connectivity index is 2.64. The van der Waals surface area contributed by atoms with Crippen LogP contribution in [-0.2, 0) is 9.59 Å². The summed E-state index contributed by atoms with van der Waals surface area (Å²) in [6, 6.07) is 4.98. The molecule has 0 aliphatic carbocycles. The lowest BCUT2D eigenvalue weighted by Gasteiger charge is -2.26. The molecule has 0 saturated carbocycles. The highest BCUT2D eigenvalue weighted by Gasteiger charge is 2.18. The fourth-order valence-electron chi connectivity index (χ4n) is 1.93. The Morgan fingerprint density at radius 3 is 2.67 bits per heavy atom. The van der Waals surface area contributed by atoms with Gasteiger partial charge >= 0.3 is 5.97 Å². The summed E-state index contributed by atoms with van der Waals surface area (Å²) in [4.78, 5) is 24.6. The van der Waals surface area contributed by atoms with Crippen molar-refractivity contribution in [3.8, 4) is 0 Å². The lowest BCUT2D eigenvalue weighted by Crippen LogP contribution is -2.40. The molecular weight excluding hydrogens is 360 g/mol. The Labute approximate surface area is 137 Å². The molecule has 0 aromatic heterocycles. The van der Waals surface area contributed by atoms with Gasteiger partial charge in [-0.05, 0) is 31.7 Å². The van der Waals surface area contributed by atoms with Gasteiger partial charge in [0.2, 0.25) is 5.91 Å². The molecule has 5 nitrogen and oxygen atoms in total. The van der Waals surface area contributed by atoms with Gasteiger partial charge in [0.15, 0.2) is 0 Å². The Hall–Kier alpha value is -1.11. The van der Waals surface area contributed by atoms with Crippen molar-refractivity contribution in [2.24, 2.45) is 0 Å². The molecule has 0 saturated heterocycles. The molecule has 7 heteroatoms. The van der Waals surface area contributed by atoms with Gasteiger partial charge in [-0.15, -0.1) is 0 Å². The second-order valence-electron chi connectivity index (χ2n) is 4.68. The van der Waals surface area contributed by atoms with Gasteiger partial charge in [-0.1, -0.05) is 34.5 Å². The maximum atomic E-state index is 12.0. The maximum absolute atomic E-state index is 12.0. The van der Waals surface area contributed by atoms with Crippen molar-refractivity contribution in [1.29, 1.82) is 0 Å². The number of nitrogens with one attached hydrogen (secondary N) is 1. The van der Waals surface area contributed by atoms with E-state index in [1.54, 1.807) is 30.0 Å². The summed E-state index contributed by atoms with van der Waals surface area (Å²) >= 11 is 9.33. The van der Waals surface area contributed by atoms with Crippen LogP contribution in [0, 0.1) is 0 Å². The van der Waals surface area contributed by atoms with Gasteiger partial charge in [0.05, 0.1) is 23.7 Å². The van der Waals surface area contributed by atoms with E-state index in [0.717, 1.165) is 4.47 Å². The molecule has 0 spiro atoms. The number of carboxylic acid groups (broad SMARTS) is 1. The quantitative estimate of drug-likeness (QED) is 0.765. The molecule has 0 aliphatic rings. The predicted octanol–water partition coefficient (Wildman–Crippen LogP) is 3.23. The van der Waals surface area contributed by atoms with Crippen LogP contribution in [0.15, 0.2) is 22.7 Å². The number of likely N-dealkylation sites (N-methyl/N-ethyl adjacent to an activating group) is 1. The zero-order valence-corrected chi connectivity index (χ0v) is 14.2. The molecule has 0 radical (unpaired) electrons. The minimum atomic E-state index is -0.877. The predicted molar refractivity (Wildman–Crippen MR) is 86.7 cm³/mol. The Morgan fingerprint density at radius 1 is 1.48 bits per heavy atom. The maximum Gasteiger partial charge on any atom is 0.304 e. The summed E-state index contributed by atoms with van der Waals surface area (Å²) in [6.07, 6.45) is 0.000159. The molecule has 0 fully saturated rings. The molecule has 1 unspecified atom stereocenters. The monoisotopic (exact) mass is 376 g/mol. The average molecular weight is 378 g/mol. The summed E-state index contributed by atoms with van der Waals surface area (Å²) in [7, 11) is 0. The summed E-state index contributed by atoms with van der Waals surface area (Å²) in [6.45, 7) is 4.39. The minimum absolute atomic E-state index is 0.000159.